The monoisotopic (exact) mass is 283 g/mol. The Morgan fingerprint density at radius 3 is 2.90 bits per heavy atom. The number of carbonyl (C=O) groups excluding carboxylic acids is 2. The lowest BCUT2D eigenvalue weighted by Crippen LogP contribution is -2.53. The predicted octanol–water partition coefficient (Wildman–Crippen LogP) is 0.545. The van der Waals surface area contributed by atoms with Gasteiger partial charge in [0.1, 0.15) is 11.6 Å². The van der Waals surface area contributed by atoms with Crippen molar-refractivity contribution in [3.05, 3.63) is 29.6 Å². The Morgan fingerprint density at radius 1 is 1.50 bits per heavy atom. The first-order valence-electron chi connectivity index (χ1n) is 5.99. The Kier molecular flexibility index (Phi) is 4.19. The molecule has 1 N–H and O–H groups in total. The lowest BCUT2D eigenvalue weighted by molar-refractivity contribution is -0.151. The minimum atomic E-state index is -0.894. The van der Waals surface area contributed by atoms with Crippen LogP contribution in [0, 0.1) is 5.82 Å². The number of phenolic OH excluding ortho intramolecular Hbond substituents is 1. The zero-order chi connectivity index (χ0) is 14.7. The number of methoxy groups -OCH3 is 1. The highest BCUT2D eigenvalue weighted by atomic mass is 19.1. The van der Waals surface area contributed by atoms with Crippen molar-refractivity contribution in [2.24, 2.45) is 0 Å². The van der Waals surface area contributed by atoms with E-state index in [1.165, 1.54) is 24.1 Å². The van der Waals surface area contributed by atoms with Crippen molar-refractivity contribution in [3.63, 3.8) is 0 Å². The van der Waals surface area contributed by atoms with E-state index in [1.807, 2.05) is 0 Å². The zero-order valence-electron chi connectivity index (χ0n) is 10.8. The highest BCUT2D eigenvalue weighted by Crippen LogP contribution is 2.19. The third-order valence-electron chi connectivity index (χ3n) is 3.05. The number of nitrogens with zero attached hydrogens (tertiary/aromatic N) is 1. The number of hydrogen-bond acceptors (Lipinski definition) is 5. The van der Waals surface area contributed by atoms with Crippen LogP contribution in [0.25, 0.3) is 0 Å². The van der Waals surface area contributed by atoms with E-state index in [1.54, 1.807) is 0 Å². The van der Waals surface area contributed by atoms with Crippen molar-refractivity contribution in [3.8, 4) is 5.75 Å². The number of hydrogen-bond donors (Lipinski definition) is 1. The molecule has 6 nitrogen and oxygen atoms in total. The van der Waals surface area contributed by atoms with E-state index in [-0.39, 0.29) is 31.1 Å². The van der Waals surface area contributed by atoms with E-state index >= 15 is 0 Å². The first-order chi connectivity index (χ1) is 9.54. The van der Waals surface area contributed by atoms with Gasteiger partial charge in [0.2, 0.25) is 0 Å². The predicted molar refractivity (Wildman–Crippen MR) is 65.7 cm³/mol. The molecule has 1 aliphatic rings. The molecule has 0 saturated carbocycles. The van der Waals surface area contributed by atoms with Crippen LogP contribution in [0.1, 0.15) is 10.4 Å². The fourth-order valence-electron chi connectivity index (χ4n) is 2.01. The van der Waals surface area contributed by atoms with E-state index in [0.717, 1.165) is 6.07 Å². The van der Waals surface area contributed by atoms with E-state index in [9.17, 15) is 14.0 Å². The summed E-state index contributed by atoms with van der Waals surface area (Å²) in [7, 11) is 1.21. The van der Waals surface area contributed by atoms with Gasteiger partial charge in [0.25, 0.3) is 5.91 Å². The van der Waals surface area contributed by atoms with Gasteiger partial charge in [0.05, 0.1) is 25.9 Å². The van der Waals surface area contributed by atoms with Crippen molar-refractivity contribution in [2.75, 3.05) is 26.9 Å². The Balaban J connectivity index is 2.27. The molecule has 1 atom stereocenters. The number of esters is 1. The highest BCUT2D eigenvalue weighted by molar-refractivity contribution is 5.97. The summed E-state index contributed by atoms with van der Waals surface area (Å²) in [4.78, 5) is 25.1. The molecule has 1 heterocycles. The van der Waals surface area contributed by atoms with Gasteiger partial charge in [-0.1, -0.05) is 0 Å². The summed E-state index contributed by atoms with van der Waals surface area (Å²) < 4.78 is 23.5. The molecular weight excluding hydrogens is 269 g/mol. The van der Waals surface area contributed by atoms with Crippen molar-refractivity contribution < 1.29 is 28.6 Å². The number of ether oxygens (including phenoxy) is 2. The molecule has 1 saturated heterocycles. The number of phenols is 1. The second-order valence-electron chi connectivity index (χ2n) is 4.28. The lowest BCUT2D eigenvalue weighted by atomic mass is 10.1. The van der Waals surface area contributed by atoms with Gasteiger partial charge in [-0.3, -0.25) is 4.79 Å². The number of amides is 1. The molecular formula is C13H14FNO5. The molecule has 0 aromatic heterocycles. The Hall–Kier alpha value is -2.15. The molecule has 20 heavy (non-hydrogen) atoms. The van der Waals surface area contributed by atoms with Crippen LogP contribution < -0.4 is 0 Å². The third-order valence-corrected chi connectivity index (χ3v) is 3.05. The second-order valence-corrected chi connectivity index (χ2v) is 4.28. The zero-order valence-corrected chi connectivity index (χ0v) is 10.8. The number of halogens is 1. The topological polar surface area (TPSA) is 76.1 Å². The van der Waals surface area contributed by atoms with Crippen molar-refractivity contribution in [1.82, 2.24) is 4.90 Å². The number of morpholine rings is 1. The van der Waals surface area contributed by atoms with E-state index in [0.29, 0.717) is 0 Å². The summed E-state index contributed by atoms with van der Waals surface area (Å²) in [5.74, 6) is -2.37. The molecule has 1 aliphatic heterocycles. The number of benzene rings is 1. The van der Waals surface area contributed by atoms with Crippen LogP contribution in [0.3, 0.4) is 0 Å². The van der Waals surface area contributed by atoms with Gasteiger partial charge in [0, 0.05) is 12.6 Å². The lowest BCUT2D eigenvalue weighted by Gasteiger charge is -2.33. The summed E-state index contributed by atoms with van der Waals surface area (Å²) in [5, 5.41) is 9.15. The molecule has 0 radical (unpaired) electrons. The second kappa shape index (κ2) is 5.87. The van der Waals surface area contributed by atoms with Crippen LogP contribution in [0.5, 0.6) is 5.75 Å². The number of carbonyl (C=O) groups is 2. The molecule has 1 aromatic rings. The SMILES string of the molecule is COC(=O)C1COCCN1C(=O)c1ccc(O)cc1F. The summed E-state index contributed by atoms with van der Waals surface area (Å²) in [5.41, 5.74) is -0.210. The number of aromatic hydroxyl groups is 1. The van der Waals surface area contributed by atoms with Gasteiger partial charge in [0.15, 0.2) is 6.04 Å². The molecule has 0 spiro atoms. The average molecular weight is 283 g/mol. The first-order valence-corrected chi connectivity index (χ1v) is 5.99. The maximum absolute atomic E-state index is 13.7. The summed E-state index contributed by atoms with van der Waals surface area (Å²) in [6.45, 7) is 0.440. The van der Waals surface area contributed by atoms with Crippen LogP contribution >= 0.6 is 0 Å². The van der Waals surface area contributed by atoms with Gasteiger partial charge in [-0.15, -0.1) is 0 Å². The fraction of sp³-hybridized carbons (Fsp3) is 0.385. The Labute approximate surface area is 114 Å². The average Bonchev–Trinajstić information content (AvgIpc) is 2.46. The van der Waals surface area contributed by atoms with Crippen LogP contribution in [-0.2, 0) is 14.3 Å². The summed E-state index contributed by atoms with van der Waals surface area (Å²) in [6.07, 6.45) is 0. The van der Waals surface area contributed by atoms with Gasteiger partial charge in [-0.05, 0) is 12.1 Å². The van der Waals surface area contributed by atoms with E-state index in [2.05, 4.69) is 4.74 Å². The standard InChI is InChI=1S/C13H14FNO5/c1-19-13(18)11-7-20-5-4-15(11)12(17)9-3-2-8(16)6-10(9)14/h2-3,6,11,16H,4-5,7H2,1H3. The van der Waals surface area contributed by atoms with Crippen LogP contribution in [-0.4, -0.2) is 54.8 Å². The maximum Gasteiger partial charge on any atom is 0.331 e. The minimum absolute atomic E-state index is 0.0120. The first kappa shape index (κ1) is 14.3. The molecule has 0 aliphatic carbocycles. The summed E-state index contributed by atoms with van der Waals surface area (Å²) >= 11 is 0. The highest BCUT2D eigenvalue weighted by Gasteiger charge is 2.35. The van der Waals surface area contributed by atoms with Crippen LogP contribution in [0.4, 0.5) is 4.39 Å². The normalized spacial score (nSPS) is 18.7. The minimum Gasteiger partial charge on any atom is -0.508 e. The van der Waals surface area contributed by atoms with E-state index in [4.69, 9.17) is 9.84 Å². The smallest absolute Gasteiger partial charge is 0.331 e. The van der Waals surface area contributed by atoms with Gasteiger partial charge < -0.3 is 19.5 Å². The largest absolute Gasteiger partial charge is 0.508 e. The van der Waals surface area contributed by atoms with Gasteiger partial charge in [-0.25, -0.2) is 9.18 Å². The quantitative estimate of drug-likeness (QED) is 0.802. The molecule has 1 fully saturated rings. The van der Waals surface area contributed by atoms with Crippen molar-refractivity contribution in [1.29, 1.82) is 0 Å². The summed E-state index contributed by atoms with van der Waals surface area (Å²) in [6, 6.07) is 2.34. The molecule has 7 heteroatoms. The van der Waals surface area contributed by atoms with Crippen LogP contribution in [0.2, 0.25) is 0 Å². The van der Waals surface area contributed by atoms with Gasteiger partial charge >= 0.3 is 5.97 Å². The molecule has 1 unspecified atom stereocenters. The Bertz CT molecular complexity index is 533. The van der Waals surface area contributed by atoms with Crippen molar-refractivity contribution in [2.45, 2.75) is 6.04 Å². The third kappa shape index (κ3) is 2.72. The van der Waals surface area contributed by atoms with Crippen LogP contribution in [0.15, 0.2) is 18.2 Å². The number of rotatable bonds is 2. The molecule has 0 bridgehead atoms. The molecule has 1 amide bonds. The van der Waals surface area contributed by atoms with Gasteiger partial charge in [-0.2, -0.15) is 0 Å². The van der Waals surface area contributed by atoms with Crippen molar-refractivity contribution >= 4 is 11.9 Å². The fourth-order valence-corrected chi connectivity index (χ4v) is 2.01. The molecule has 108 valence electrons. The Morgan fingerprint density at radius 2 is 2.25 bits per heavy atom. The molecule has 1 aromatic carbocycles. The van der Waals surface area contributed by atoms with E-state index < -0.39 is 23.7 Å². The molecule has 2 rings (SSSR count). The maximum atomic E-state index is 13.7.